The van der Waals surface area contributed by atoms with Crippen molar-refractivity contribution in [1.29, 1.82) is 0 Å². The summed E-state index contributed by atoms with van der Waals surface area (Å²) in [5, 5.41) is 5.38. The second-order valence-corrected chi connectivity index (χ2v) is 7.40. The molecule has 1 unspecified atom stereocenters. The maximum Gasteiger partial charge on any atom is 0.326 e. The molecule has 27 heavy (non-hydrogen) atoms. The lowest BCUT2D eigenvalue weighted by Gasteiger charge is -2.19. The molecule has 2 N–H and O–H groups in total. The van der Waals surface area contributed by atoms with Crippen LogP contribution in [0, 0.1) is 5.92 Å². The lowest BCUT2D eigenvalue weighted by Crippen LogP contribution is -2.41. The molecule has 1 aromatic carbocycles. The molecule has 0 radical (unpaired) electrons. The fourth-order valence-electron chi connectivity index (χ4n) is 3.06. The highest BCUT2D eigenvalue weighted by molar-refractivity contribution is 6.08. The smallest absolute Gasteiger partial charge is 0.326 e. The fourth-order valence-corrected chi connectivity index (χ4v) is 3.06. The monoisotopic (exact) mass is 373 g/mol. The summed E-state index contributed by atoms with van der Waals surface area (Å²) in [7, 11) is 0. The number of urea groups is 1. The third-order valence-corrected chi connectivity index (χ3v) is 4.66. The Morgan fingerprint density at radius 2 is 1.93 bits per heavy atom. The molecule has 2 aliphatic rings. The summed E-state index contributed by atoms with van der Waals surface area (Å²) in [5.41, 5.74) is -0.0386. The molecule has 1 saturated carbocycles. The van der Waals surface area contributed by atoms with E-state index in [9.17, 15) is 19.2 Å². The first-order valence-electron chi connectivity index (χ1n) is 8.92. The molecule has 2 fully saturated rings. The molecule has 1 heterocycles. The molecular formula is C19H23N3O5. The van der Waals surface area contributed by atoms with E-state index in [1.54, 1.807) is 13.8 Å². The Morgan fingerprint density at radius 3 is 2.48 bits per heavy atom. The van der Waals surface area contributed by atoms with Crippen molar-refractivity contribution in [2.24, 2.45) is 5.92 Å². The maximum atomic E-state index is 12.2. The van der Waals surface area contributed by atoms with Crippen LogP contribution in [0.3, 0.4) is 0 Å². The van der Waals surface area contributed by atoms with Crippen molar-refractivity contribution in [3.05, 3.63) is 35.9 Å². The Bertz CT molecular complexity index is 758. The van der Waals surface area contributed by atoms with E-state index in [2.05, 4.69) is 10.6 Å². The molecule has 0 spiro atoms. The van der Waals surface area contributed by atoms with Gasteiger partial charge in [0.05, 0.1) is 6.04 Å². The summed E-state index contributed by atoms with van der Waals surface area (Å²) < 4.78 is 4.94. The first kappa shape index (κ1) is 18.9. The summed E-state index contributed by atoms with van der Waals surface area (Å²) >= 11 is 0. The Morgan fingerprint density at radius 1 is 1.26 bits per heavy atom. The molecule has 1 aliphatic heterocycles. The Hall–Kier alpha value is -2.90. The van der Waals surface area contributed by atoms with Crippen LogP contribution < -0.4 is 10.6 Å². The highest BCUT2D eigenvalue weighted by atomic mass is 16.5. The molecule has 0 bridgehead atoms. The van der Waals surface area contributed by atoms with Crippen LogP contribution in [0.1, 0.15) is 38.3 Å². The number of esters is 1. The zero-order valence-corrected chi connectivity index (χ0v) is 15.4. The fraction of sp³-hybridized carbons (Fsp3) is 0.474. The van der Waals surface area contributed by atoms with Crippen molar-refractivity contribution in [3.8, 4) is 0 Å². The van der Waals surface area contributed by atoms with Gasteiger partial charge in [-0.25, -0.2) is 4.79 Å². The standard InChI is InChI=1S/C19H23N3O5/c1-19(2)17(25)22(18(26)21-19)10-15(24)27-11-14(23)20-16(13-8-9-13)12-6-4-3-5-7-12/h3-7,13,16H,8-11H2,1-2H3,(H,20,23)(H,21,26). The summed E-state index contributed by atoms with van der Waals surface area (Å²) in [4.78, 5) is 48.7. The number of amides is 4. The van der Waals surface area contributed by atoms with E-state index in [4.69, 9.17) is 4.74 Å². The van der Waals surface area contributed by atoms with Crippen LogP contribution >= 0.6 is 0 Å². The minimum atomic E-state index is -1.05. The number of ether oxygens (including phenoxy) is 1. The zero-order valence-electron chi connectivity index (χ0n) is 15.4. The average Bonchev–Trinajstić information content (AvgIpc) is 3.44. The molecule has 1 aromatic rings. The molecule has 1 aliphatic carbocycles. The number of hydrogen-bond acceptors (Lipinski definition) is 5. The Kier molecular flexibility index (Phi) is 5.16. The van der Waals surface area contributed by atoms with Gasteiger partial charge in [0, 0.05) is 0 Å². The van der Waals surface area contributed by atoms with Gasteiger partial charge in [-0.15, -0.1) is 0 Å². The number of carbonyl (C=O) groups excluding carboxylic acids is 4. The molecule has 8 nitrogen and oxygen atoms in total. The van der Waals surface area contributed by atoms with E-state index < -0.39 is 42.5 Å². The van der Waals surface area contributed by atoms with Gasteiger partial charge in [0.2, 0.25) is 0 Å². The number of carbonyl (C=O) groups is 4. The van der Waals surface area contributed by atoms with Crippen LogP contribution in [0.5, 0.6) is 0 Å². The quantitative estimate of drug-likeness (QED) is 0.551. The summed E-state index contributed by atoms with van der Waals surface area (Å²) in [6.07, 6.45) is 2.09. The molecule has 1 saturated heterocycles. The third-order valence-electron chi connectivity index (χ3n) is 4.66. The maximum absolute atomic E-state index is 12.2. The number of nitrogens with one attached hydrogen (secondary N) is 2. The molecule has 4 amide bonds. The SMILES string of the molecule is CC1(C)NC(=O)N(CC(=O)OCC(=O)NC(c2ccccc2)C2CC2)C1=O. The predicted octanol–water partition coefficient (Wildman–Crippen LogP) is 1.13. The molecule has 3 rings (SSSR count). The Labute approximate surface area is 157 Å². The van der Waals surface area contributed by atoms with Crippen molar-refractivity contribution in [3.63, 3.8) is 0 Å². The predicted molar refractivity (Wildman–Crippen MR) is 95.3 cm³/mol. The minimum absolute atomic E-state index is 0.107. The summed E-state index contributed by atoms with van der Waals surface area (Å²) in [6, 6.07) is 8.89. The highest BCUT2D eigenvalue weighted by Gasteiger charge is 2.45. The van der Waals surface area contributed by atoms with Gasteiger partial charge in [0.1, 0.15) is 12.1 Å². The number of benzene rings is 1. The lowest BCUT2D eigenvalue weighted by atomic mass is 10.0. The summed E-state index contributed by atoms with van der Waals surface area (Å²) in [6.45, 7) is 2.12. The van der Waals surface area contributed by atoms with Gasteiger partial charge < -0.3 is 15.4 Å². The zero-order chi connectivity index (χ0) is 19.6. The van der Waals surface area contributed by atoms with E-state index in [0.29, 0.717) is 5.92 Å². The van der Waals surface area contributed by atoms with Gasteiger partial charge in [-0.3, -0.25) is 19.3 Å². The van der Waals surface area contributed by atoms with Crippen molar-refractivity contribution in [1.82, 2.24) is 15.5 Å². The first-order chi connectivity index (χ1) is 12.8. The van der Waals surface area contributed by atoms with E-state index in [-0.39, 0.29) is 6.04 Å². The lowest BCUT2D eigenvalue weighted by molar-refractivity contribution is -0.151. The normalized spacial score (nSPS) is 19.4. The van der Waals surface area contributed by atoms with Gasteiger partial charge in [-0.1, -0.05) is 30.3 Å². The van der Waals surface area contributed by atoms with Crippen molar-refractivity contribution >= 4 is 23.8 Å². The van der Waals surface area contributed by atoms with Crippen LogP contribution in [-0.4, -0.2) is 47.4 Å². The number of imide groups is 1. The molecular weight excluding hydrogens is 350 g/mol. The van der Waals surface area contributed by atoms with Crippen LogP contribution in [0.25, 0.3) is 0 Å². The van der Waals surface area contributed by atoms with Gasteiger partial charge in [-0.05, 0) is 38.2 Å². The van der Waals surface area contributed by atoms with Gasteiger partial charge in [-0.2, -0.15) is 0 Å². The topological polar surface area (TPSA) is 105 Å². The second kappa shape index (κ2) is 7.38. The molecule has 8 heteroatoms. The highest BCUT2D eigenvalue weighted by Crippen LogP contribution is 2.40. The number of hydrogen-bond donors (Lipinski definition) is 2. The number of nitrogens with zero attached hydrogens (tertiary/aromatic N) is 1. The van der Waals surface area contributed by atoms with Gasteiger partial charge in [0.15, 0.2) is 6.61 Å². The number of rotatable bonds is 7. The van der Waals surface area contributed by atoms with Crippen molar-refractivity contribution in [2.75, 3.05) is 13.2 Å². The van der Waals surface area contributed by atoms with Gasteiger partial charge in [0.25, 0.3) is 11.8 Å². The van der Waals surface area contributed by atoms with Crippen LogP contribution in [0.15, 0.2) is 30.3 Å². The largest absolute Gasteiger partial charge is 0.454 e. The summed E-state index contributed by atoms with van der Waals surface area (Å²) in [5.74, 6) is -1.34. The van der Waals surface area contributed by atoms with Crippen LogP contribution in [0.2, 0.25) is 0 Å². The van der Waals surface area contributed by atoms with Crippen LogP contribution in [-0.2, 0) is 19.1 Å². The van der Waals surface area contributed by atoms with E-state index in [1.807, 2.05) is 30.3 Å². The van der Waals surface area contributed by atoms with E-state index in [1.165, 1.54) is 0 Å². The average molecular weight is 373 g/mol. The van der Waals surface area contributed by atoms with E-state index >= 15 is 0 Å². The molecule has 144 valence electrons. The van der Waals surface area contributed by atoms with E-state index in [0.717, 1.165) is 23.3 Å². The Balaban J connectivity index is 1.49. The molecule has 1 atom stereocenters. The third kappa shape index (κ3) is 4.45. The molecule has 0 aromatic heterocycles. The van der Waals surface area contributed by atoms with Crippen molar-refractivity contribution in [2.45, 2.75) is 38.3 Å². The van der Waals surface area contributed by atoms with Gasteiger partial charge >= 0.3 is 12.0 Å². The minimum Gasteiger partial charge on any atom is -0.454 e. The van der Waals surface area contributed by atoms with Crippen LogP contribution in [0.4, 0.5) is 4.79 Å². The first-order valence-corrected chi connectivity index (χ1v) is 8.92. The second-order valence-electron chi connectivity index (χ2n) is 7.40. The van der Waals surface area contributed by atoms with Crippen molar-refractivity contribution < 1.29 is 23.9 Å².